The number of benzene rings is 2. The molecule has 2 rings (SSSR count). The summed E-state index contributed by atoms with van der Waals surface area (Å²) in [5.74, 6) is -4.03. The molecule has 4 nitrogen and oxygen atoms in total. The monoisotopic (exact) mass is 386 g/mol. The highest BCUT2D eigenvalue weighted by Gasteiger charge is 2.13. The van der Waals surface area contributed by atoms with Crippen molar-refractivity contribution in [2.75, 3.05) is 11.9 Å². The second-order valence-corrected chi connectivity index (χ2v) is 5.34. The van der Waals surface area contributed by atoms with Gasteiger partial charge in [0.2, 0.25) is 5.91 Å². The molecular weight excluding hydrogens is 377 g/mol. The highest BCUT2D eigenvalue weighted by atomic mass is 79.9. The average molecular weight is 387 g/mol. The Morgan fingerprint density at radius 1 is 1.00 bits per heavy atom. The molecule has 0 unspecified atom stereocenters. The minimum absolute atomic E-state index is 0.0330. The third-order valence-corrected chi connectivity index (χ3v) is 3.48. The number of nitrogens with one attached hydrogen (secondary N) is 2. The van der Waals surface area contributed by atoms with Gasteiger partial charge in [0.25, 0.3) is 5.91 Å². The largest absolute Gasteiger partial charge is 0.343 e. The second-order valence-electron chi connectivity index (χ2n) is 4.48. The fourth-order valence-electron chi connectivity index (χ4n) is 1.71. The van der Waals surface area contributed by atoms with Crippen LogP contribution in [0.1, 0.15) is 10.4 Å². The van der Waals surface area contributed by atoms with E-state index >= 15 is 0 Å². The van der Waals surface area contributed by atoms with Crippen LogP contribution >= 0.6 is 15.9 Å². The summed E-state index contributed by atoms with van der Waals surface area (Å²) in [4.78, 5) is 23.5. The van der Waals surface area contributed by atoms with Crippen LogP contribution < -0.4 is 10.6 Å². The molecule has 0 saturated carbocycles. The highest BCUT2D eigenvalue weighted by molar-refractivity contribution is 9.10. The lowest BCUT2D eigenvalue weighted by molar-refractivity contribution is -0.115. The van der Waals surface area contributed by atoms with E-state index in [2.05, 4.69) is 26.6 Å². The summed E-state index contributed by atoms with van der Waals surface area (Å²) < 4.78 is 39.3. The summed E-state index contributed by atoms with van der Waals surface area (Å²) >= 11 is 3.10. The van der Waals surface area contributed by atoms with Gasteiger partial charge < -0.3 is 10.6 Å². The van der Waals surface area contributed by atoms with Gasteiger partial charge in [-0.05, 0) is 46.3 Å². The van der Waals surface area contributed by atoms with Gasteiger partial charge in [0.05, 0.1) is 12.1 Å². The molecule has 0 radical (unpaired) electrons. The lowest BCUT2D eigenvalue weighted by atomic mass is 10.2. The Morgan fingerprint density at radius 3 is 2.43 bits per heavy atom. The maximum Gasteiger partial charge on any atom is 0.252 e. The fourth-order valence-corrected chi connectivity index (χ4v) is 2.13. The molecule has 2 aromatic carbocycles. The molecule has 0 aliphatic carbocycles. The third kappa shape index (κ3) is 4.56. The zero-order valence-corrected chi connectivity index (χ0v) is 13.1. The average Bonchev–Trinajstić information content (AvgIpc) is 2.51. The Hall–Kier alpha value is -2.35. The molecule has 0 aliphatic rings. The molecule has 23 heavy (non-hydrogen) atoms. The molecule has 2 amide bonds. The van der Waals surface area contributed by atoms with Gasteiger partial charge in [0.1, 0.15) is 5.82 Å². The molecule has 120 valence electrons. The van der Waals surface area contributed by atoms with Gasteiger partial charge in [-0.1, -0.05) is 0 Å². The van der Waals surface area contributed by atoms with Gasteiger partial charge in [-0.25, -0.2) is 13.2 Å². The van der Waals surface area contributed by atoms with E-state index in [1.807, 2.05) is 0 Å². The van der Waals surface area contributed by atoms with E-state index in [9.17, 15) is 22.8 Å². The number of hydrogen-bond donors (Lipinski definition) is 2. The van der Waals surface area contributed by atoms with Gasteiger partial charge in [-0.2, -0.15) is 0 Å². The Morgan fingerprint density at radius 2 is 1.74 bits per heavy atom. The van der Waals surface area contributed by atoms with Crippen molar-refractivity contribution in [2.24, 2.45) is 0 Å². The zero-order valence-electron chi connectivity index (χ0n) is 11.5. The summed E-state index contributed by atoms with van der Waals surface area (Å²) in [5, 5.41) is 4.59. The Labute approximate surface area is 137 Å². The van der Waals surface area contributed by atoms with Crippen LogP contribution in [0.5, 0.6) is 0 Å². The molecule has 2 N–H and O–H groups in total. The van der Waals surface area contributed by atoms with Crippen molar-refractivity contribution in [3.05, 3.63) is 63.9 Å². The smallest absolute Gasteiger partial charge is 0.252 e. The van der Waals surface area contributed by atoms with Crippen LogP contribution in [0.4, 0.5) is 18.9 Å². The van der Waals surface area contributed by atoms with Crippen LogP contribution in [0.15, 0.2) is 40.9 Å². The van der Waals surface area contributed by atoms with Crippen LogP contribution in [0, 0.1) is 17.5 Å². The number of amides is 2. The predicted octanol–water partition coefficient (Wildman–Crippen LogP) is 3.23. The van der Waals surface area contributed by atoms with Gasteiger partial charge >= 0.3 is 0 Å². The normalized spacial score (nSPS) is 10.3. The maximum absolute atomic E-state index is 13.1. The van der Waals surface area contributed by atoms with Crippen molar-refractivity contribution in [3.8, 4) is 0 Å². The van der Waals surface area contributed by atoms with Gasteiger partial charge in [-0.15, -0.1) is 0 Å². The second kappa shape index (κ2) is 7.28. The quantitative estimate of drug-likeness (QED) is 0.847. The number of rotatable bonds is 4. The van der Waals surface area contributed by atoms with E-state index < -0.39 is 35.8 Å². The molecule has 0 atom stereocenters. The molecule has 8 heteroatoms. The maximum atomic E-state index is 13.1. The van der Waals surface area contributed by atoms with Crippen LogP contribution in [0.3, 0.4) is 0 Å². The summed E-state index contributed by atoms with van der Waals surface area (Å²) in [6.45, 7) is -0.416. The number of carbonyl (C=O) groups excluding carboxylic acids is 2. The number of carbonyl (C=O) groups is 2. The van der Waals surface area contributed by atoms with E-state index in [0.29, 0.717) is 4.47 Å². The van der Waals surface area contributed by atoms with E-state index in [1.54, 1.807) is 0 Å². The van der Waals surface area contributed by atoms with Crippen molar-refractivity contribution in [2.45, 2.75) is 0 Å². The number of hydrogen-bond acceptors (Lipinski definition) is 2. The van der Waals surface area contributed by atoms with Gasteiger partial charge in [-0.3, -0.25) is 9.59 Å². The molecule has 0 spiro atoms. The van der Waals surface area contributed by atoms with Crippen LogP contribution in [0.25, 0.3) is 0 Å². The Kier molecular flexibility index (Phi) is 5.38. The fraction of sp³-hybridized carbons (Fsp3) is 0.0667. The minimum atomic E-state index is -1.10. The first kappa shape index (κ1) is 17.0. The summed E-state index contributed by atoms with van der Waals surface area (Å²) in [6.07, 6.45) is 0. The summed E-state index contributed by atoms with van der Waals surface area (Å²) in [7, 11) is 0. The Bertz CT molecular complexity index is 768. The standard InChI is InChI=1S/C15H10BrF3N2O2/c16-11-3-1-8(17)5-10(11)15(23)20-7-14(22)21-9-2-4-12(18)13(19)6-9/h1-6H,7H2,(H,20,23)(H,21,22). The van der Waals surface area contributed by atoms with Crippen molar-refractivity contribution < 1.29 is 22.8 Å². The van der Waals surface area contributed by atoms with Crippen molar-refractivity contribution in [3.63, 3.8) is 0 Å². The van der Waals surface area contributed by atoms with Crippen LogP contribution in [-0.2, 0) is 4.79 Å². The van der Waals surface area contributed by atoms with Crippen molar-refractivity contribution >= 4 is 33.4 Å². The zero-order chi connectivity index (χ0) is 17.0. The minimum Gasteiger partial charge on any atom is -0.343 e. The number of anilines is 1. The first-order valence-corrected chi connectivity index (χ1v) is 7.14. The molecule has 0 bridgehead atoms. The van der Waals surface area contributed by atoms with E-state index in [1.165, 1.54) is 18.2 Å². The topological polar surface area (TPSA) is 58.2 Å². The molecule has 0 saturated heterocycles. The van der Waals surface area contributed by atoms with E-state index in [4.69, 9.17) is 0 Å². The van der Waals surface area contributed by atoms with Crippen LogP contribution in [-0.4, -0.2) is 18.4 Å². The molecule has 2 aromatic rings. The molecule has 0 aromatic heterocycles. The van der Waals surface area contributed by atoms with E-state index in [0.717, 1.165) is 18.2 Å². The molecular formula is C15H10BrF3N2O2. The summed E-state index contributed by atoms with van der Waals surface area (Å²) in [6, 6.07) is 6.43. The SMILES string of the molecule is O=C(CNC(=O)c1cc(F)ccc1Br)Nc1ccc(F)c(F)c1. The lowest BCUT2D eigenvalue weighted by Crippen LogP contribution is -2.33. The summed E-state index contributed by atoms with van der Waals surface area (Å²) in [5.41, 5.74) is 0.0840. The van der Waals surface area contributed by atoms with E-state index in [-0.39, 0.29) is 11.3 Å². The molecule has 0 aliphatic heterocycles. The van der Waals surface area contributed by atoms with Crippen molar-refractivity contribution in [1.82, 2.24) is 5.32 Å². The third-order valence-electron chi connectivity index (χ3n) is 2.79. The lowest BCUT2D eigenvalue weighted by Gasteiger charge is -2.08. The molecule has 0 fully saturated rings. The van der Waals surface area contributed by atoms with Crippen molar-refractivity contribution in [1.29, 1.82) is 0 Å². The van der Waals surface area contributed by atoms with Crippen LogP contribution in [0.2, 0.25) is 0 Å². The Balaban J connectivity index is 1.94. The predicted molar refractivity (Wildman–Crippen MR) is 81.4 cm³/mol. The number of halogens is 4. The van der Waals surface area contributed by atoms with Gasteiger partial charge in [0, 0.05) is 16.2 Å². The van der Waals surface area contributed by atoms with Gasteiger partial charge in [0.15, 0.2) is 11.6 Å². The first-order valence-electron chi connectivity index (χ1n) is 6.35. The highest BCUT2D eigenvalue weighted by Crippen LogP contribution is 2.17. The molecule has 0 heterocycles. The first-order chi connectivity index (χ1) is 10.9.